The van der Waals surface area contributed by atoms with Gasteiger partial charge in [0.15, 0.2) is 0 Å². The van der Waals surface area contributed by atoms with Gasteiger partial charge in [0.05, 0.1) is 11.0 Å². The molecule has 0 aromatic carbocycles. The van der Waals surface area contributed by atoms with E-state index in [-0.39, 0.29) is 0 Å². The van der Waals surface area contributed by atoms with Gasteiger partial charge in [-0.05, 0) is 24.5 Å². The summed E-state index contributed by atoms with van der Waals surface area (Å²) in [5.41, 5.74) is 0. The summed E-state index contributed by atoms with van der Waals surface area (Å²) in [7, 11) is 0. The molecular formula is C5H6ClNOS. The van der Waals surface area contributed by atoms with Crippen molar-refractivity contribution in [2.24, 2.45) is 0 Å². The molecule has 50 valence electrons. The van der Waals surface area contributed by atoms with Gasteiger partial charge < -0.3 is 5.11 Å². The first-order valence-electron chi connectivity index (χ1n) is 2.50. The number of rotatable bonds is 1. The van der Waals surface area contributed by atoms with Crippen LogP contribution in [0.2, 0.25) is 5.15 Å². The maximum atomic E-state index is 8.95. The molecule has 9 heavy (non-hydrogen) atoms. The molecule has 4 heteroatoms. The highest BCUT2D eigenvalue weighted by molar-refractivity contribution is 7.06. The smallest absolute Gasteiger partial charge is 0.143 e. The number of halogens is 1. The van der Waals surface area contributed by atoms with Crippen LogP contribution in [0.4, 0.5) is 0 Å². The Labute approximate surface area is 62.3 Å². The monoisotopic (exact) mass is 163 g/mol. The predicted molar refractivity (Wildman–Crippen MR) is 37.8 cm³/mol. The molecule has 0 bridgehead atoms. The largest absolute Gasteiger partial charge is 0.388 e. The Morgan fingerprint density at radius 1 is 1.89 bits per heavy atom. The zero-order valence-corrected chi connectivity index (χ0v) is 6.41. The molecule has 2 nitrogen and oxygen atoms in total. The van der Waals surface area contributed by atoms with E-state index in [0.29, 0.717) is 5.15 Å². The van der Waals surface area contributed by atoms with E-state index in [1.54, 1.807) is 13.0 Å². The van der Waals surface area contributed by atoms with E-state index < -0.39 is 6.10 Å². The lowest BCUT2D eigenvalue weighted by Crippen LogP contribution is -1.83. The molecule has 0 amide bonds. The zero-order valence-electron chi connectivity index (χ0n) is 4.84. The van der Waals surface area contributed by atoms with Crippen molar-refractivity contribution in [2.75, 3.05) is 0 Å². The van der Waals surface area contributed by atoms with Crippen molar-refractivity contribution in [1.82, 2.24) is 4.37 Å². The summed E-state index contributed by atoms with van der Waals surface area (Å²) < 4.78 is 3.78. The molecule has 0 saturated carbocycles. The lowest BCUT2D eigenvalue weighted by molar-refractivity contribution is 0.203. The van der Waals surface area contributed by atoms with Crippen LogP contribution >= 0.6 is 23.1 Å². The molecule has 0 unspecified atom stereocenters. The van der Waals surface area contributed by atoms with Crippen molar-refractivity contribution in [3.63, 3.8) is 0 Å². The molecule has 0 aliphatic rings. The number of hydrogen-bond donors (Lipinski definition) is 1. The van der Waals surface area contributed by atoms with E-state index in [0.717, 1.165) is 4.88 Å². The fourth-order valence-electron chi connectivity index (χ4n) is 0.463. The summed E-state index contributed by atoms with van der Waals surface area (Å²) in [4.78, 5) is 0.806. The average molecular weight is 164 g/mol. The van der Waals surface area contributed by atoms with Crippen molar-refractivity contribution in [1.29, 1.82) is 0 Å². The van der Waals surface area contributed by atoms with Crippen molar-refractivity contribution < 1.29 is 5.11 Å². The third-order valence-corrected chi connectivity index (χ3v) is 2.16. The van der Waals surface area contributed by atoms with Gasteiger partial charge in [0.25, 0.3) is 0 Å². The molecule has 0 radical (unpaired) electrons. The molecule has 0 spiro atoms. The second-order valence-electron chi connectivity index (χ2n) is 1.73. The van der Waals surface area contributed by atoms with Crippen molar-refractivity contribution >= 4 is 23.1 Å². The highest BCUT2D eigenvalue weighted by Gasteiger charge is 2.03. The third kappa shape index (κ3) is 1.64. The summed E-state index contributed by atoms with van der Waals surface area (Å²) in [6, 6.07) is 1.66. The molecule has 0 fully saturated rings. The standard InChI is InChI=1S/C5H6ClNOS/c1-3(8)4-2-5(6)7-9-4/h2-3,8H,1H3/t3-/m0/s1. The maximum absolute atomic E-state index is 8.95. The van der Waals surface area contributed by atoms with Gasteiger partial charge in [-0.1, -0.05) is 11.6 Å². The van der Waals surface area contributed by atoms with E-state index in [9.17, 15) is 0 Å². The highest BCUT2D eigenvalue weighted by atomic mass is 35.5. The fraction of sp³-hybridized carbons (Fsp3) is 0.400. The number of hydrogen-bond acceptors (Lipinski definition) is 3. The third-order valence-electron chi connectivity index (χ3n) is 0.911. The van der Waals surface area contributed by atoms with Gasteiger partial charge in [0.1, 0.15) is 5.15 Å². The first-order valence-corrected chi connectivity index (χ1v) is 3.65. The minimum absolute atomic E-state index is 0.449. The Bertz CT molecular complexity index is 199. The number of aliphatic hydroxyl groups excluding tert-OH is 1. The van der Waals surface area contributed by atoms with Crippen molar-refractivity contribution in [3.8, 4) is 0 Å². The molecule has 0 aliphatic heterocycles. The van der Waals surface area contributed by atoms with Crippen LogP contribution in [0, 0.1) is 0 Å². The second-order valence-corrected chi connectivity index (χ2v) is 2.95. The van der Waals surface area contributed by atoms with E-state index in [2.05, 4.69) is 4.37 Å². The lowest BCUT2D eigenvalue weighted by atomic mass is 10.3. The number of nitrogens with zero attached hydrogens (tertiary/aromatic N) is 1. The Morgan fingerprint density at radius 3 is 2.78 bits per heavy atom. The van der Waals surface area contributed by atoms with Gasteiger partial charge in [-0.3, -0.25) is 0 Å². The van der Waals surface area contributed by atoms with Gasteiger partial charge in [-0.2, -0.15) is 4.37 Å². The van der Waals surface area contributed by atoms with Gasteiger partial charge in [-0.15, -0.1) is 0 Å². The zero-order chi connectivity index (χ0) is 6.85. The molecule has 0 saturated heterocycles. The van der Waals surface area contributed by atoms with Gasteiger partial charge in [0, 0.05) is 0 Å². The van der Waals surface area contributed by atoms with Crippen LogP contribution in [0.1, 0.15) is 17.9 Å². The number of aromatic nitrogens is 1. The first kappa shape index (κ1) is 6.99. The summed E-state index contributed by atoms with van der Waals surface area (Å²) in [6.45, 7) is 1.68. The van der Waals surface area contributed by atoms with E-state index in [1.807, 2.05) is 0 Å². The molecular weight excluding hydrogens is 158 g/mol. The first-order chi connectivity index (χ1) is 4.20. The van der Waals surface area contributed by atoms with Gasteiger partial charge in [-0.25, -0.2) is 0 Å². The summed E-state index contributed by atoms with van der Waals surface area (Å²) in [6.07, 6.45) is -0.449. The van der Waals surface area contributed by atoms with Crippen LogP contribution in [0.25, 0.3) is 0 Å². The van der Waals surface area contributed by atoms with Crippen LogP contribution in [-0.4, -0.2) is 9.48 Å². The molecule has 1 heterocycles. The van der Waals surface area contributed by atoms with Crippen LogP contribution in [0.3, 0.4) is 0 Å². The maximum Gasteiger partial charge on any atom is 0.143 e. The van der Waals surface area contributed by atoms with Crippen LogP contribution in [0.5, 0.6) is 0 Å². The summed E-state index contributed by atoms with van der Waals surface area (Å²) in [5, 5.41) is 9.40. The van der Waals surface area contributed by atoms with Crippen molar-refractivity contribution in [3.05, 3.63) is 16.1 Å². The summed E-state index contributed by atoms with van der Waals surface area (Å²) in [5.74, 6) is 0. The van der Waals surface area contributed by atoms with Crippen molar-refractivity contribution in [2.45, 2.75) is 13.0 Å². The van der Waals surface area contributed by atoms with E-state index in [4.69, 9.17) is 16.7 Å². The predicted octanol–water partition coefficient (Wildman–Crippen LogP) is 1.85. The highest BCUT2D eigenvalue weighted by Crippen LogP contribution is 2.20. The Hall–Kier alpha value is -0.120. The molecule has 1 rings (SSSR count). The second kappa shape index (κ2) is 2.64. The van der Waals surface area contributed by atoms with Crippen LogP contribution in [-0.2, 0) is 0 Å². The van der Waals surface area contributed by atoms with E-state index >= 15 is 0 Å². The minimum atomic E-state index is -0.449. The Balaban J connectivity index is 2.85. The lowest BCUT2D eigenvalue weighted by Gasteiger charge is -1.93. The van der Waals surface area contributed by atoms with Crippen LogP contribution < -0.4 is 0 Å². The Morgan fingerprint density at radius 2 is 2.56 bits per heavy atom. The number of aliphatic hydroxyl groups is 1. The van der Waals surface area contributed by atoms with Crippen LogP contribution in [0.15, 0.2) is 6.07 Å². The topological polar surface area (TPSA) is 33.1 Å². The Kier molecular flexibility index (Phi) is 2.05. The average Bonchev–Trinajstić information content (AvgIpc) is 2.14. The molecule has 1 aromatic heterocycles. The molecule has 1 N–H and O–H groups in total. The summed E-state index contributed by atoms with van der Waals surface area (Å²) >= 11 is 6.72. The van der Waals surface area contributed by atoms with Gasteiger partial charge in [0.2, 0.25) is 0 Å². The van der Waals surface area contributed by atoms with Gasteiger partial charge >= 0.3 is 0 Å². The quantitative estimate of drug-likeness (QED) is 0.686. The SMILES string of the molecule is C[C@H](O)c1cc(Cl)ns1. The minimum Gasteiger partial charge on any atom is -0.388 e. The molecule has 1 atom stereocenters. The fourth-order valence-corrected chi connectivity index (χ4v) is 1.31. The molecule has 0 aliphatic carbocycles. The van der Waals surface area contributed by atoms with E-state index in [1.165, 1.54) is 11.5 Å². The normalized spacial score (nSPS) is 13.7. The molecule has 1 aromatic rings.